The standard InChI is InChI=1S/C13H16BF4NO3/c1-11(2)12(3,4)22-14(21-11)8-5-10(19-6-9(8)15)20-7-13(16,17)18/h5-6H,7H2,1-4H3. The summed E-state index contributed by atoms with van der Waals surface area (Å²) in [6.45, 7) is 5.63. The lowest BCUT2D eigenvalue weighted by molar-refractivity contribution is -0.154. The molecule has 0 saturated carbocycles. The molecule has 0 bridgehead atoms. The molecule has 0 N–H and O–H groups in total. The van der Waals surface area contributed by atoms with Crippen molar-refractivity contribution in [3.05, 3.63) is 18.1 Å². The third kappa shape index (κ3) is 3.52. The fraction of sp³-hybridized carbons (Fsp3) is 0.615. The second-order valence-corrected chi connectivity index (χ2v) is 6.04. The number of aromatic nitrogens is 1. The van der Waals surface area contributed by atoms with E-state index in [9.17, 15) is 17.6 Å². The number of hydrogen-bond acceptors (Lipinski definition) is 4. The highest BCUT2D eigenvalue weighted by Gasteiger charge is 2.52. The number of hydrogen-bond donors (Lipinski definition) is 0. The summed E-state index contributed by atoms with van der Waals surface area (Å²) in [6.07, 6.45) is -3.72. The zero-order valence-electron chi connectivity index (χ0n) is 12.6. The number of pyridine rings is 1. The van der Waals surface area contributed by atoms with Crippen LogP contribution in [0.5, 0.6) is 5.88 Å². The first kappa shape index (κ1) is 17.0. The van der Waals surface area contributed by atoms with Gasteiger partial charge in [0.25, 0.3) is 0 Å². The minimum atomic E-state index is -4.50. The van der Waals surface area contributed by atoms with Gasteiger partial charge in [0.05, 0.1) is 17.4 Å². The molecule has 9 heteroatoms. The van der Waals surface area contributed by atoms with Crippen LogP contribution in [-0.4, -0.2) is 36.1 Å². The quantitative estimate of drug-likeness (QED) is 0.633. The van der Waals surface area contributed by atoms with Crippen molar-refractivity contribution >= 4 is 12.6 Å². The maximum Gasteiger partial charge on any atom is 0.498 e. The maximum atomic E-state index is 13.9. The topological polar surface area (TPSA) is 40.6 Å². The van der Waals surface area contributed by atoms with Crippen LogP contribution in [-0.2, 0) is 9.31 Å². The largest absolute Gasteiger partial charge is 0.498 e. The predicted molar refractivity (Wildman–Crippen MR) is 71.5 cm³/mol. The molecule has 0 aliphatic carbocycles. The molecule has 2 heterocycles. The first-order chi connectivity index (χ1) is 9.91. The Labute approximate surface area is 125 Å². The zero-order chi connectivity index (χ0) is 16.8. The molecule has 1 fully saturated rings. The van der Waals surface area contributed by atoms with Crippen LogP contribution in [0.25, 0.3) is 0 Å². The molecule has 0 radical (unpaired) electrons. The number of ether oxygens (including phenoxy) is 1. The van der Waals surface area contributed by atoms with Crippen molar-refractivity contribution in [2.75, 3.05) is 6.61 Å². The smallest absolute Gasteiger partial charge is 0.468 e. The molecule has 1 aliphatic heterocycles. The van der Waals surface area contributed by atoms with Crippen LogP contribution in [0, 0.1) is 5.82 Å². The van der Waals surface area contributed by atoms with Gasteiger partial charge in [0, 0.05) is 11.5 Å². The number of halogens is 4. The average molecular weight is 321 g/mol. The molecular formula is C13H16BF4NO3. The van der Waals surface area contributed by atoms with E-state index in [1.165, 1.54) is 0 Å². The molecule has 0 aromatic carbocycles. The highest BCUT2D eigenvalue weighted by molar-refractivity contribution is 6.62. The van der Waals surface area contributed by atoms with Crippen molar-refractivity contribution in [3.63, 3.8) is 0 Å². The highest BCUT2D eigenvalue weighted by Crippen LogP contribution is 2.36. The Kier molecular flexibility index (Phi) is 4.16. The molecule has 22 heavy (non-hydrogen) atoms. The van der Waals surface area contributed by atoms with E-state index in [1.807, 2.05) is 0 Å². The lowest BCUT2D eigenvalue weighted by Gasteiger charge is -2.32. The van der Waals surface area contributed by atoms with Crippen molar-refractivity contribution in [1.82, 2.24) is 4.98 Å². The van der Waals surface area contributed by atoms with E-state index in [0.29, 0.717) is 0 Å². The zero-order valence-corrected chi connectivity index (χ0v) is 12.6. The molecular weight excluding hydrogens is 305 g/mol. The molecule has 2 rings (SSSR count). The van der Waals surface area contributed by atoms with E-state index in [0.717, 1.165) is 12.3 Å². The SMILES string of the molecule is CC1(C)OB(c2cc(OCC(F)(F)F)ncc2F)OC1(C)C. The Balaban J connectivity index is 2.21. The van der Waals surface area contributed by atoms with Gasteiger partial charge in [-0.05, 0) is 27.7 Å². The molecule has 0 atom stereocenters. The van der Waals surface area contributed by atoms with Gasteiger partial charge in [0.2, 0.25) is 5.88 Å². The van der Waals surface area contributed by atoms with Crippen LogP contribution < -0.4 is 10.2 Å². The second-order valence-electron chi connectivity index (χ2n) is 6.04. The Bertz CT molecular complexity index is 547. The summed E-state index contributed by atoms with van der Waals surface area (Å²) in [4.78, 5) is 3.48. The molecule has 0 unspecified atom stereocenters. The fourth-order valence-electron chi connectivity index (χ4n) is 1.82. The summed E-state index contributed by atoms with van der Waals surface area (Å²) < 4.78 is 66.2. The maximum absolute atomic E-state index is 13.9. The van der Waals surface area contributed by atoms with E-state index >= 15 is 0 Å². The van der Waals surface area contributed by atoms with Crippen molar-refractivity contribution in [2.45, 2.75) is 45.1 Å². The second kappa shape index (κ2) is 5.38. The summed E-state index contributed by atoms with van der Waals surface area (Å²) in [5, 5.41) is 0. The summed E-state index contributed by atoms with van der Waals surface area (Å²) in [7, 11) is -1.04. The third-order valence-corrected chi connectivity index (χ3v) is 3.75. The van der Waals surface area contributed by atoms with E-state index in [-0.39, 0.29) is 11.3 Å². The van der Waals surface area contributed by atoms with Crippen LogP contribution in [0.15, 0.2) is 12.3 Å². The first-order valence-corrected chi connectivity index (χ1v) is 6.62. The minimum Gasteiger partial charge on any atom is -0.468 e. The number of alkyl halides is 3. The summed E-state index contributed by atoms with van der Waals surface area (Å²) in [6, 6.07) is 1.06. The van der Waals surface area contributed by atoms with E-state index < -0.39 is 36.9 Å². The lowest BCUT2D eigenvalue weighted by atomic mass is 9.79. The lowest BCUT2D eigenvalue weighted by Crippen LogP contribution is -2.41. The van der Waals surface area contributed by atoms with Crippen molar-refractivity contribution in [1.29, 1.82) is 0 Å². The van der Waals surface area contributed by atoms with Gasteiger partial charge < -0.3 is 14.0 Å². The predicted octanol–water partition coefficient (Wildman–Crippen LogP) is 2.46. The van der Waals surface area contributed by atoms with Gasteiger partial charge in [-0.3, -0.25) is 0 Å². The first-order valence-electron chi connectivity index (χ1n) is 6.62. The molecule has 0 amide bonds. The highest BCUT2D eigenvalue weighted by atomic mass is 19.4. The summed E-state index contributed by atoms with van der Waals surface area (Å²) >= 11 is 0. The van der Waals surface area contributed by atoms with Crippen LogP contribution >= 0.6 is 0 Å². The summed E-state index contributed by atoms with van der Waals surface area (Å²) in [5.74, 6) is -1.08. The molecule has 1 aromatic heterocycles. The van der Waals surface area contributed by atoms with Crippen molar-refractivity contribution in [2.24, 2.45) is 0 Å². The molecule has 122 valence electrons. The number of nitrogens with zero attached hydrogens (tertiary/aromatic N) is 1. The Hall–Kier alpha value is -1.35. The molecule has 1 saturated heterocycles. The number of rotatable bonds is 3. The monoisotopic (exact) mass is 321 g/mol. The molecule has 1 aliphatic rings. The van der Waals surface area contributed by atoms with E-state index in [4.69, 9.17) is 9.31 Å². The van der Waals surface area contributed by atoms with Crippen LogP contribution in [0.3, 0.4) is 0 Å². The third-order valence-electron chi connectivity index (χ3n) is 3.75. The Morgan fingerprint density at radius 3 is 2.23 bits per heavy atom. The van der Waals surface area contributed by atoms with Crippen LogP contribution in [0.1, 0.15) is 27.7 Å². The minimum absolute atomic E-state index is 0.0502. The van der Waals surface area contributed by atoms with Gasteiger partial charge in [-0.15, -0.1) is 0 Å². The van der Waals surface area contributed by atoms with Gasteiger partial charge in [-0.1, -0.05) is 0 Å². The van der Waals surface area contributed by atoms with Crippen molar-refractivity contribution in [3.8, 4) is 5.88 Å². The Morgan fingerprint density at radius 2 is 1.73 bits per heavy atom. The van der Waals surface area contributed by atoms with Crippen LogP contribution in [0.4, 0.5) is 17.6 Å². The average Bonchev–Trinajstić information content (AvgIpc) is 2.56. The van der Waals surface area contributed by atoms with E-state index in [2.05, 4.69) is 9.72 Å². The van der Waals surface area contributed by atoms with Gasteiger partial charge in [0.1, 0.15) is 5.82 Å². The fourth-order valence-corrected chi connectivity index (χ4v) is 1.82. The van der Waals surface area contributed by atoms with Gasteiger partial charge in [-0.25, -0.2) is 9.37 Å². The van der Waals surface area contributed by atoms with E-state index in [1.54, 1.807) is 27.7 Å². The summed E-state index contributed by atoms with van der Waals surface area (Å²) in [5.41, 5.74) is -1.44. The van der Waals surface area contributed by atoms with Gasteiger partial charge in [-0.2, -0.15) is 13.2 Å². The molecule has 4 nitrogen and oxygen atoms in total. The molecule has 0 spiro atoms. The Morgan fingerprint density at radius 1 is 1.18 bits per heavy atom. The molecule has 1 aromatic rings. The van der Waals surface area contributed by atoms with Gasteiger partial charge in [0.15, 0.2) is 6.61 Å². The van der Waals surface area contributed by atoms with Crippen molar-refractivity contribution < 1.29 is 31.6 Å². The van der Waals surface area contributed by atoms with Crippen LogP contribution in [0.2, 0.25) is 0 Å². The normalized spacial score (nSPS) is 20.3. The van der Waals surface area contributed by atoms with Gasteiger partial charge >= 0.3 is 13.3 Å².